The first-order valence-corrected chi connectivity index (χ1v) is 33.5. The van der Waals surface area contributed by atoms with Crippen LogP contribution in [0.4, 0.5) is 39.0 Å². The van der Waals surface area contributed by atoms with Gasteiger partial charge in [0.2, 0.25) is 41.3 Å². The van der Waals surface area contributed by atoms with Crippen molar-refractivity contribution in [3.63, 3.8) is 0 Å². The smallest absolute Gasteiger partial charge is 0.442 e. The molecule has 2 aromatic carbocycles. The summed E-state index contributed by atoms with van der Waals surface area (Å²) in [5.41, 5.74) is -0.854. The summed E-state index contributed by atoms with van der Waals surface area (Å²) in [7, 11) is -7.27. The Morgan fingerprint density at radius 3 is 1.68 bits per heavy atom. The highest BCUT2D eigenvalue weighted by Gasteiger charge is 2.29. The number of hydrogen-bond donors (Lipinski definition) is 8. The Labute approximate surface area is 545 Å². The molecule has 6 rings (SSSR count). The van der Waals surface area contributed by atoms with Gasteiger partial charge in [0.1, 0.15) is 18.2 Å². The molecule has 0 aliphatic heterocycles. The highest BCUT2D eigenvalue weighted by Crippen LogP contribution is 2.34. The van der Waals surface area contributed by atoms with Crippen molar-refractivity contribution >= 4 is 104 Å². The van der Waals surface area contributed by atoms with Crippen molar-refractivity contribution in [3.05, 3.63) is 104 Å². The number of amides is 5. The van der Waals surface area contributed by atoms with Crippen LogP contribution in [0.25, 0.3) is 5.69 Å². The van der Waals surface area contributed by atoms with Crippen LogP contribution in [-0.4, -0.2) is 181 Å². The summed E-state index contributed by atoms with van der Waals surface area (Å²) in [6.45, 7) is 2.17. The van der Waals surface area contributed by atoms with Crippen LogP contribution in [0.15, 0.2) is 86.0 Å². The molecule has 0 aliphatic carbocycles. The van der Waals surface area contributed by atoms with Crippen molar-refractivity contribution < 1.29 is 111 Å². The maximum atomic E-state index is 12.5. The summed E-state index contributed by atoms with van der Waals surface area (Å²) in [5, 5.41) is 27.1. The lowest BCUT2D eigenvalue weighted by Crippen LogP contribution is -2.36. The van der Waals surface area contributed by atoms with Gasteiger partial charge >= 0.3 is 43.0 Å². The molecule has 5 amide bonds. The summed E-state index contributed by atoms with van der Waals surface area (Å²) in [5.74, 6) is -6.13. The van der Waals surface area contributed by atoms with E-state index in [1.54, 1.807) is 16.1 Å². The third-order valence-electron chi connectivity index (χ3n) is 9.54. The number of aromatic carboxylic acids is 1. The molecule has 44 heteroatoms. The van der Waals surface area contributed by atoms with Gasteiger partial charge in [0, 0.05) is 31.8 Å². The number of anilines is 2. The number of carbonyl (C=O) groups excluding carboxylic acids is 3. The highest BCUT2D eigenvalue weighted by atomic mass is 35.5. The predicted octanol–water partition coefficient (Wildman–Crippen LogP) is 4.86. The first-order chi connectivity index (χ1) is 43.4. The van der Waals surface area contributed by atoms with Crippen LogP contribution in [0.1, 0.15) is 61.2 Å². The molecule has 0 bridgehead atoms. The number of nitrogens with one attached hydrogen (secondary N) is 5. The van der Waals surface area contributed by atoms with Gasteiger partial charge in [-0.2, -0.15) is 50.6 Å². The minimum atomic E-state index is -4.71. The Morgan fingerprint density at radius 2 is 1.24 bits per heavy atom. The van der Waals surface area contributed by atoms with Crippen molar-refractivity contribution in [1.82, 2.24) is 54.4 Å². The first kappa shape index (κ1) is 81.4. The number of carbonyl (C=O) groups is 5. The molecule has 0 aliphatic rings. The van der Waals surface area contributed by atoms with E-state index in [9.17, 15) is 72.6 Å². The van der Waals surface area contributed by atoms with Crippen LogP contribution in [0, 0.1) is 0 Å². The molecule has 94 heavy (non-hydrogen) atoms. The zero-order valence-corrected chi connectivity index (χ0v) is 56.1. The average Bonchev–Trinajstić information content (AvgIpc) is 1.44. The fraction of sp³-hybridized carbons (Fsp3) is 0.360. The molecule has 34 nitrogen and oxygen atoms in total. The Balaban J connectivity index is 0.000000438. The quantitative estimate of drug-likeness (QED) is 0.0271. The molecule has 1 atom stereocenters. The van der Waals surface area contributed by atoms with E-state index in [1.807, 2.05) is 39.9 Å². The molecule has 6 aromatic rings. The van der Waals surface area contributed by atoms with Crippen LogP contribution in [0.5, 0.6) is 29.3 Å². The number of halogens is 6. The average molecular weight is 1460 g/mol. The van der Waals surface area contributed by atoms with Crippen LogP contribution < -0.4 is 59.7 Å². The van der Waals surface area contributed by atoms with Crippen molar-refractivity contribution in [2.45, 2.75) is 69.3 Å². The van der Waals surface area contributed by atoms with Gasteiger partial charge in [-0.1, -0.05) is 56.1 Å². The number of pyridine rings is 1. The summed E-state index contributed by atoms with van der Waals surface area (Å²) in [6.07, 6.45) is 7.00. The van der Waals surface area contributed by atoms with Crippen molar-refractivity contribution in [2.75, 3.05) is 70.5 Å². The maximum Gasteiger partial charge on any atom is 0.442 e. The maximum absolute atomic E-state index is 12.5. The number of ether oxygens (including phenoxy) is 5. The van der Waals surface area contributed by atoms with Gasteiger partial charge < -0.3 is 57.6 Å². The van der Waals surface area contributed by atoms with Gasteiger partial charge in [0.25, 0.3) is 26.0 Å². The van der Waals surface area contributed by atoms with E-state index >= 15 is 0 Å². The van der Waals surface area contributed by atoms with Crippen LogP contribution >= 0.6 is 30.8 Å². The van der Waals surface area contributed by atoms with E-state index in [0.717, 1.165) is 16.8 Å². The molecular weight excluding hydrogens is 1390 g/mol. The molecule has 518 valence electrons. The van der Waals surface area contributed by atoms with E-state index in [0.29, 0.717) is 39.3 Å². The number of aliphatic carboxylic acids is 1. The van der Waals surface area contributed by atoms with Gasteiger partial charge in [-0.25, -0.2) is 42.0 Å². The summed E-state index contributed by atoms with van der Waals surface area (Å²) >= 11 is 12.3. The number of methoxy groups -OCH3 is 2. The lowest BCUT2D eigenvalue weighted by atomic mass is 9.97. The fourth-order valence-corrected chi connectivity index (χ4v) is 9.03. The molecular formula is C50H62Cl2F4N13O21PS3. The number of rotatable bonds is 21. The minimum absolute atomic E-state index is 0.0642. The Kier molecular flexibility index (Phi) is 31.8. The number of carboxylic acid groups (broad SMARTS) is 2. The zero-order chi connectivity index (χ0) is 71.8. The number of hydrogen-bond acceptors (Lipinski definition) is 25. The van der Waals surface area contributed by atoms with Gasteiger partial charge in [-0.05, 0) is 55.1 Å². The topological polar surface area (TPSA) is 476 Å². The second-order valence-corrected chi connectivity index (χ2v) is 27.6. The lowest BCUT2D eigenvalue weighted by Gasteiger charge is -2.14. The fourth-order valence-electron chi connectivity index (χ4n) is 5.98. The van der Waals surface area contributed by atoms with E-state index in [1.165, 1.54) is 80.5 Å². The third-order valence-corrected chi connectivity index (χ3v) is 13.4. The number of alkyl halides is 4. The third kappa shape index (κ3) is 28.7. The molecule has 0 spiro atoms. The van der Waals surface area contributed by atoms with Gasteiger partial charge in [-0.15, -0.1) is 5.10 Å². The predicted molar refractivity (Wildman–Crippen MR) is 327 cm³/mol. The molecule has 0 fully saturated rings. The largest absolute Gasteiger partial charge is 0.778 e. The monoisotopic (exact) mass is 1450 g/mol. The number of urea groups is 2. The standard InChI is InChI=1S/C15H18Cl2N2O3.C15H18N6O6S.C14H10F4N4O7S.C3H8NO5P.C3H9S/c1-8(2)21-12-7-11(9(16)6-10(12)17)19-14(20)22-13(18-19)15(3,4)5;1-21(2)13(22)9-6-5-7-16-12(9)28(24,25)20-15(23)19-14-17-10(26-3)8-11(18-14)27-4;15-11(16)28-8-5-9(29-12(17)18)20-13(19-8)21-14(25)22-30(26,27)7-4-2-1-3-6(7)10(23)24;5-3(6)1-4-2-10(7,8)9;1-4(2)3/h6-8H,1-5H3;5-8H,1-4H3,(H2,17,18,19,20,23);1-5,11-12H,(H,23,24)(H2,19,20,21,22,25);4H,1-2H2,(H,5,6)(H2,7,8,9);1-3H3/q;;;;+1/p-1. The van der Waals surface area contributed by atoms with Crippen molar-refractivity contribution in [2.24, 2.45) is 0 Å². The van der Waals surface area contributed by atoms with Gasteiger partial charge in [-0.3, -0.25) is 25.5 Å². The number of nitrogens with zero attached hydrogens (tertiary/aromatic N) is 8. The highest BCUT2D eigenvalue weighted by molar-refractivity contribution is 7.94. The van der Waals surface area contributed by atoms with Gasteiger partial charge in [0.15, 0.2) is 5.03 Å². The van der Waals surface area contributed by atoms with Crippen LogP contribution in [-0.2, 0) is 45.7 Å². The molecule has 1 unspecified atom stereocenters. The molecule has 4 heterocycles. The minimum Gasteiger partial charge on any atom is -0.778 e. The normalized spacial score (nSPS) is 11.7. The first-order valence-electron chi connectivity index (χ1n) is 25.5. The summed E-state index contributed by atoms with van der Waals surface area (Å²) in [4.78, 5) is 106. The number of carboxylic acids is 2. The number of aromatic nitrogens is 7. The molecule has 8 N–H and O–H groups in total. The van der Waals surface area contributed by atoms with Crippen LogP contribution in [0.2, 0.25) is 10.0 Å². The van der Waals surface area contributed by atoms with E-state index in [2.05, 4.69) is 63.6 Å². The van der Waals surface area contributed by atoms with Crippen molar-refractivity contribution in [3.8, 4) is 35.0 Å². The summed E-state index contributed by atoms with van der Waals surface area (Å²) < 4.78 is 142. The lowest BCUT2D eigenvalue weighted by molar-refractivity contribution is -0.193. The van der Waals surface area contributed by atoms with Crippen LogP contribution in [0.3, 0.4) is 0 Å². The zero-order valence-electron chi connectivity index (χ0n) is 51.2. The molecule has 4 aromatic heterocycles. The molecule has 0 radical (unpaired) electrons. The Hall–Kier alpha value is -8.70. The molecule has 0 saturated heterocycles. The van der Waals surface area contributed by atoms with Gasteiger partial charge in [0.05, 0.1) is 90.9 Å². The SMILES string of the molecule is CC(C)Oc1cc(-n2nc(C(C)(C)C)oc2=O)c(Cl)cc1Cl.COc1cc(OC)nc(NC(=O)NS(=O)(=O)c2ncccc2C(=O)N(C)C)n1.C[S+](C)C.O=C(Nc1nc(OC(F)F)cc(OC(F)F)n1)NS(=O)(=O)c1ccccc1C(=O)O.O=C(O)CNCP(=O)([O-])O. The van der Waals surface area contributed by atoms with E-state index in [4.69, 9.17) is 56.9 Å². The van der Waals surface area contributed by atoms with Crippen molar-refractivity contribution in [1.29, 1.82) is 0 Å². The van der Waals surface area contributed by atoms with E-state index < -0.39 is 123 Å². The second-order valence-electron chi connectivity index (χ2n) is 19.5. The Bertz CT molecular complexity index is 3890. The second kappa shape index (κ2) is 36.7. The van der Waals surface area contributed by atoms with E-state index in [-0.39, 0.29) is 39.8 Å². The number of benzene rings is 2. The summed E-state index contributed by atoms with van der Waals surface area (Å²) in [6, 6.07) is 9.23. The Morgan fingerprint density at radius 1 is 0.766 bits per heavy atom. The molecule has 0 saturated carbocycles. The number of sulfonamides is 2.